The summed E-state index contributed by atoms with van der Waals surface area (Å²) in [4.78, 5) is 3.83. The fraction of sp³-hybridized carbons (Fsp3) is 0.615. The van der Waals surface area contributed by atoms with Gasteiger partial charge in [0.05, 0.1) is 6.20 Å². The summed E-state index contributed by atoms with van der Waals surface area (Å²) in [5.74, 6) is 0.443. The van der Waals surface area contributed by atoms with Crippen molar-refractivity contribution < 1.29 is 4.39 Å². The highest BCUT2D eigenvalue weighted by Gasteiger charge is 2.18. The first-order valence-corrected chi connectivity index (χ1v) is 6.62. The van der Waals surface area contributed by atoms with Gasteiger partial charge in [0, 0.05) is 18.1 Å². The molecule has 1 aliphatic rings. The van der Waals surface area contributed by atoms with Crippen molar-refractivity contribution in [3.63, 3.8) is 0 Å². The quantitative estimate of drug-likeness (QED) is 0.838. The molecular weight excluding hydrogens is 239 g/mol. The first kappa shape index (κ1) is 12.8. The number of hydrogen-bond acceptors (Lipinski definition) is 2. The fourth-order valence-corrected chi connectivity index (χ4v) is 2.55. The molecule has 0 saturated heterocycles. The highest BCUT2D eigenvalue weighted by molar-refractivity contribution is 6.20. The highest BCUT2D eigenvalue weighted by Crippen LogP contribution is 2.26. The molecule has 0 amide bonds. The molecule has 2 nitrogen and oxygen atoms in total. The van der Waals surface area contributed by atoms with Crippen LogP contribution in [0.15, 0.2) is 18.5 Å². The second-order valence-electron chi connectivity index (χ2n) is 4.76. The highest BCUT2D eigenvalue weighted by atomic mass is 35.5. The topological polar surface area (TPSA) is 24.9 Å². The Bertz CT molecular complexity index is 351. The van der Waals surface area contributed by atoms with Crippen LogP contribution >= 0.6 is 11.6 Å². The van der Waals surface area contributed by atoms with Crippen molar-refractivity contribution in [2.45, 2.75) is 37.6 Å². The molecule has 0 aromatic carbocycles. The van der Waals surface area contributed by atoms with Crippen molar-refractivity contribution in [3.8, 4) is 0 Å². The normalized spacial score (nSPS) is 24.8. The maximum absolute atomic E-state index is 12.9. The Hall–Kier alpha value is -0.670. The van der Waals surface area contributed by atoms with Crippen molar-refractivity contribution in [2.24, 2.45) is 5.92 Å². The van der Waals surface area contributed by atoms with Crippen LogP contribution in [0.2, 0.25) is 0 Å². The molecule has 1 aromatic rings. The lowest BCUT2D eigenvalue weighted by molar-refractivity contribution is 0.345. The number of pyridine rings is 1. The Kier molecular flexibility index (Phi) is 4.75. The van der Waals surface area contributed by atoms with E-state index in [0.29, 0.717) is 17.8 Å². The van der Waals surface area contributed by atoms with Gasteiger partial charge in [-0.15, -0.1) is 11.6 Å². The second kappa shape index (κ2) is 6.31. The molecule has 0 atom stereocenters. The van der Waals surface area contributed by atoms with Crippen molar-refractivity contribution in [2.75, 3.05) is 6.54 Å². The molecule has 1 saturated carbocycles. The van der Waals surface area contributed by atoms with Crippen LogP contribution in [-0.2, 0) is 6.54 Å². The van der Waals surface area contributed by atoms with Crippen LogP contribution in [-0.4, -0.2) is 16.9 Å². The van der Waals surface area contributed by atoms with Crippen LogP contribution in [0, 0.1) is 11.7 Å². The van der Waals surface area contributed by atoms with Gasteiger partial charge in [0.15, 0.2) is 0 Å². The van der Waals surface area contributed by atoms with Crippen molar-refractivity contribution in [3.05, 3.63) is 29.8 Å². The molecule has 0 unspecified atom stereocenters. The second-order valence-corrected chi connectivity index (χ2v) is 5.38. The zero-order chi connectivity index (χ0) is 12.1. The Morgan fingerprint density at radius 1 is 1.29 bits per heavy atom. The van der Waals surface area contributed by atoms with Gasteiger partial charge in [-0.25, -0.2) is 4.39 Å². The molecule has 94 valence electrons. The molecule has 1 aliphatic carbocycles. The van der Waals surface area contributed by atoms with Crippen molar-refractivity contribution in [1.82, 2.24) is 10.3 Å². The third kappa shape index (κ3) is 4.25. The molecule has 0 spiro atoms. The Morgan fingerprint density at radius 3 is 2.76 bits per heavy atom. The van der Waals surface area contributed by atoms with Gasteiger partial charge in [0.2, 0.25) is 0 Å². The predicted molar refractivity (Wildman–Crippen MR) is 67.5 cm³/mol. The van der Waals surface area contributed by atoms with Gasteiger partial charge in [-0.2, -0.15) is 0 Å². The summed E-state index contributed by atoms with van der Waals surface area (Å²) in [6.07, 6.45) is 7.56. The number of halogens is 2. The van der Waals surface area contributed by atoms with E-state index in [4.69, 9.17) is 11.6 Å². The van der Waals surface area contributed by atoms with Crippen LogP contribution in [0.1, 0.15) is 31.2 Å². The van der Waals surface area contributed by atoms with E-state index in [0.717, 1.165) is 24.9 Å². The molecule has 1 fully saturated rings. The zero-order valence-electron chi connectivity index (χ0n) is 9.83. The van der Waals surface area contributed by atoms with Gasteiger partial charge < -0.3 is 5.32 Å². The van der Waals surface area contributed by atoms with E-state index < -0.39 is 0 Å². The van der Waals surface area contributed by atoms with E-state index in [2.05, 4.69) is 10.3 Å². The third-order valence-corrected chi connectivity index (χ3v) is 3.74. The first-order valence-electron chi connectivity index (χ1n) is 6.18. The lowest BCUT2D eigenvalue weighted by Gasteiger charge is -2.25. The van der Waals surface area contributed by atoms with E-state index in [1.807, 2.05) is 0 Å². The van der Waals surface area contributed by atoms with E-state index in [1.54, 1.807) is 6.20 Å². The first-order chi connectivity index (χ1) is 8.24. The maximum atomic E-state index is 12.9. The average molecular weight is 257 g/mol. The van der Waals surface area contributed by atoms with Gasteiger partial charge in [-0.3, -0.25) is 4.98 Å². The Morgan fingerprint density at radius 2 is 2.06 bits per heavy atom. The molecule has 0 radical (unpaired) electrons. The predicted octanol–water partition coefficient (Wildman–Crippen LogP) is 3.11. The molecule has 1 N–H and O–H groups in total. The molecule has 17 heavy (non-hydrogen) atoms. The Labute approximate surface area is 107 Å². The SMILES string of the molecule is Fc1cncc(CNCC2CCC(Cl)CC2)c1. The lowest BCUT2D eigenvalue weighted by atomic mass is 9.89. The van der Waals surface area contributed by atoms with Crippen molar-refractivity contribution >= 4 is 11.6 Å². The van der Waals surface area contributed by atoms with E-state index in [9.17, 15) is 4.39 Å². The van der Waals surface area contributed by atoms with Gasteiger partial charge in [0.25, 0.3) is 0 Å². The molecule has 1 aromatic heterocycles. The summed E-state index contributed by atoms with van der Waals surface area (Å²) in [7, 11) is 0. The minimum Gasteiger partial charge on any atom is -0.312 e. The van der Waals surface area contributed by atoms with Crippen LogP contribution in [0.5, 0.6) is 0 Å². The largest absolute Gasteiger partial charge is 0.312 e. The fourth-order valence-electron chi connectivity index (χ4n) is 2.30. The van der Waals surface area contributed by atoms with Crippen molar-refractivity contribution in [1.29, 1.82) is 0 Å². The third-order valence-electron chi connectivity index (χ3n) is 3.30. The number of nitrogens with zero attached hydrogens (tertiary/aromatic N) is 1. The summed E-state index contributed by atoms with van der Waals surface area (Å²) >= 11 is 6.06. The number of nitrogens with one attached hydrogen (secondary N) is 1. The zero-order valence-corrected chi connectivity index (χ0v) is 10.6. The molecular formula is C13H18ClFN2. The van der Waals surface area contributed by atoms with Crippen LogP contribution in [0.25, 0.3) is 0 Å². The maximum Gasteiger partial charge on any atom is 0.141 e. The Balaban J connectivity index is 1.69. The number of alkyl halides is 1. The number of hydrogen-bond donors (Lipinski definition) is 1. The monoisotopic (exact) mass is 256 g/mol. The van der Waals surface area contributed by atoms with Gasteiger partial charge >= 0.3 is 0 Å². The minimum atomic E-state index is -0.271. The number of rotatable bonds is 4. The minimum absolute atomic E-state index is 0.271. The van der Waals surface area contributed by atoms with Gasteiger partial charge in [0.1, 0.15) is 5.82 Å². The van der Waals surface area contributed by atoms with Crippen LogP contribution in [0.4, 0.5) is 4.39 Å². The smallest absolute Gasteiger partial charge is 0.141 e. The molecule has 4 heteroatoms. The van der Waals surface area contributed by atoms with Crippen LogP contribution < -0.4 is 5.32 Å². The molecule has 1 heterocycles. The van der Waals surface area contributed by atoms with E-state index in [1.165, 1.54) is 25.1 Å². The molecule has 0 aliphatic heterocycles. The summed E-state index contributed by atoms with van der Waals surface area (Å²) in [6, 6.07) is 1.52. The van der Waals surface area contributed by atoms with Crippen LogP contribution in [0.3, 0.4) is 0 Å². The summed E-state index contributed by atoms with van der Waals surface area (Å²) < 4.78 is 12.9. The lowest BCUT2D eigenvalue weighted by Crippen LogP contribution is -2.26. The standard InChI is InChI=1S/C13H18ClFN2/c14-12-3-1-10(2-4-12)6-16-7-11-5-13(15)9-17-8-11/h5,8-10,12,16H,1-4,6-7H2. The summed E-state index contributed by atoms with van der Waals surface area (Å²) in [5.41, 5.74) is 0.899. The molecule has 2 rings (SSSR count). The summed E-state index contributed by atoms with van der Waals surface area (Å²) in [5, 5.41) is 3.74. The van der Waals surface area contributed by atoms with Gasteiger partial charge in [-0.05, 0) is 49.8 Å². The number of aromatic nitrogens is 1. The average Bonchev–Trinajstić information content (AvgIpc) is 2.32. The van der Waals surface area contributed by atoms with Gasteiger partial charge in [-0.1, -0.05) is 0 Å². The van der Waals surface area contributed by atoms with E-state index >= 15 is 0 Å². The van der Waals surface area contributed by atoms with E-state index in [-0.39, 0.29) is 5.82 Å². The molecule has 0 bridgehead atoms. The summed E-state index contributed by atoms with van der Waals surface area (Å²) in [6.45, 7) is 1.67.